The molecule has 0 fully saturated rings. The second kappa shape index (κ2) is 5.42. The molecule has 2 nitrogen and oxygen atoms in total. The molecular formula is C17H11F3NO. The van der Waals surface area contributed by atoms with Gasteiger partial charge in [0, 0.05) is 23.2 Å². The first-order valence-corrected chi connectivity index (χ1v) is 6.57. The van der Waals surface area contributed by atoms with Crippen LogP contribution in [-0.2, 0) is 12.8 Å². The first-order chi connectivity index (χ1) is 10.5. The van der Waals surface area contributed by atoms with Crippen molar-refractivity contribution in [3.63, 3.8) is 0 Å². The third-order valence-corrected chi connectivity index (χ3v) is 3.41. The summed E-state index contributed by atoms with van der Waals surface area (Å²) < 4.78 is 39.3. The molecule has 0 atom stereocenters. The summed E-state index contributed by atoms with van der Waals surface area (Å²) in [5, 5.41) is 9.58. The van der Waals surface area contributed by atoms with E-state index < -0.39 is 11.7 Å². The van der Waals surface area contributed by atoms with E-state index in [1.54, 1.807) is 30.3 Å². The molecule has 0 unspecified atom stereocenters. The zero-order chi connectivity index (χ0) is 15.7. The Labute approximate surface area is 124 Å². The lowest BCUT2D eigenvalue weighted by Crippen LogP contribution is -2.06. The fraction of sp³-hybridized carbons (Fsp3) is 0.118. The number of hydrogen-bond acceptors (Lipinski definition) is 2. The van der Waals surface area contributed by atoms with Crippen LogP contribution in [0.2, 0.25) is 0 Å². The molecule has 0 aliphatic heterocycles. The van der Waals surface area contributed by atoms with Crippen LogP contribution < -0.4 is 0 Å². The molecule has 3 rings (SSSR count). The van der Waals surface area contributed by atoms with Crippen molar-refractivity contribution in [2.24, 2.45) is 0 Å². The van der Waals surface area contributed by atoms with Crippen molar-refractivity contribution in [2.75, 3.05) is 0 Å². The maximum absolute atomic E-state index is 13.1. The normalized spacial score (nSPS) is 11.8. The summed E-state index contributed by atoms with van der Waals surface area (Å²) in [6.45, 7) is -0.134. The Morgan fingerprint density at radius 1 is 1.09 bits per heavy atom. The van der Waals surface area contributed by atoms with E-state index in [-0.39, 0.29) is 12.1 Å². The van der Waals surface area contributed by atoms with Crippen molar-refractivity contribution in [2.45, 2.75) is 12.8 Å². The Kier molecular flexibility index (Phi) is 3.58. The van der Waals surface area contributed by atoms with Crippen molar-refractivity contribution in [1.29, 1.82) is 0 Å². The molecule has 0 aliphatic carbocycles. The second-order valence-corrected chi connectivity index (χ2v) is 4.84. The number of benzene rings is 2. The van der Waals surface area contributed by atoms with Crippen LogP contribution in [0, 0.1) is 6.07 Å². The molecule has 0 saturated heterocycles. The Hall–Kier alpha value is -2.40. The molecule has 1 N–H and O–H groups in total. The quantitative estimate of drug-likeness (QED) is 0.769. The summed E-state index contributed by atoms with van der Waals surface area (Å²) in [5.74, 6) is 0. The number of aliphatic hydroxyl groups is 1. The third kappa shape index (κ3) is 2.55. The van der Waals surface area contributed by atoms with E-state index in [0.29, 0.717) is 22.1 Å². The number of para-hydroxylation sites is 1. The van der Waals surface area contributed by atoms with Gasteiger partial charge in [0.05, 0.1) is 17.7 Å². The van der Waals surface area contributed by atoms with Gasteiger partial charge in [-0.3, -0.25) is 4.98 Å². The van der Waals surface area contributed by atoms with Gasteiger partial charge in [-0.1, -0.05) is 30.3 Å². The predicted molar refractivity (Wildman–Crippen MR) is 76.9 cm³/mol. The highest BCUT2D eigenvalue weighted by Gasteiger charge is 2.33. The lowest BCUT2D eigenvalue weighted by atomic mass is 9.98. The lowest BCUT2D eigenvalue weighted by molar-refractivity contribution is -0.136. The first-order valence-electron chi connectivity index (χ1n) is 6.57. The summed E-state index contributed by atoms with van der Waals surface area (Å²) in [7, 11) is 0. The minimum atomic E-state index is -4.46. The number of hydrogen-bond donors (Lipinski definition) is 1. The minimum absolute atomic E-state index is 0.0989. The van der Waals surface area contributed by atoms with Crippen LogP contribution in [0.5, 0.6) is 0 Å². The highest BCUT2D eigenvalue weighted by Crippen LogP contribution is 2.36. The molecule has 2 aromatic carbocycles. The fourth-order valence-corrected chi connectivity index (χ4v) is 2.42. The van der Waals surface area contributed by atoms with Gasteiger partial charge in [-0.15, -0.1) is 0 Å². The van der Waals surface area contributed by atoms with Gasteiger partial charge in [-0.25, -0.2) is 0 Å². The van der Waals surface area contributed by atoms with Crippen LogP contribution in [0.25, 0.3) is 22.0 Å². The molecule has 1 heterocycles. The van der Waals surface area contributed by atoms with E-state index in [1.165, 1.54) is 12.3 Å². The van der Waals surface area contributed by atoms with Gasteiger partial charge in [-0.05, 0) is 23.3 Å². The maximum Gasteiger partial charge on any atom is 0.418 e. The average molecular weight is 302 g/mol. The summed E-state index contributed by atoms with van der Waals surface area (Å²) in [4.78, 5) is 3.85. The molecule has 22 heavy (non-hydrogen) atoms. The van der Waals surface area contributed by atoms with Crippen LogP contribution in [0.15, 0.2) is 48.7 Å². The number of aromatic nitrogens is 1. The largest absolute Gasteiger partial charge is 0.418 e. The minimum Gasteiger partial charge on any atom is -0.392 e. The molecule has 0 aliphatic rings. The maximum atomic E-state index is 13.1. The topological polar surface area (TPSA) is 33.1 Å². The SMILES string of the molecule is OCc1cccc(-c2[c]cnc3c(C(F)(F)F)cccc23)c1. The van der Waals surface area contributed by atoms with Gasteiger partial charge in [0.15, 0.2) is 0 Å². The van der Waals surface area contributed by atoms with Crippen molar-refractivity contribution in [1.82, 2.24) is 4.98 Å². The zero-order valence-electron chi connectivity index (χ0n) is 11.4. The number of fused-ring (bicyclic) bond motifs is 1. The molecule has 1 aromatic heterocycles. The molecule has 1 radical (unpaired) electrons. The van der Waals surface area contributed by atoms with Gasteiger partial charge in [0.25, 0.3) is 0 Å². The highest BCUT2D eigenvalue weighted by molar-refractivity contribution is 5.95. The zero-order valence-corrected chi connectivity index (χ0v) is 11.4. The van der Waals surface area contributed by atoms with Crippen LogP contribution >= 0.6 is 0 Å². The Morgan fingerprint density at radius 2 is 1.86 bits per heavy atom. The standard InChI is InChI=1S/C17H11F3NO/c18-17(19,20)15-6-2-5-14-13(7-8-21-16(14)15)12-4-1-3-11(9-12)10-22/h1-6,8-9,22H,10H2. The van der Waals surface area contributed by atoms with Crippen LogP contribution in [-0.4, -0.2) is 10.1 Å². The molecule has 5 heteroatoms. The molecule has 0 saturated carbocycles. The third-order valence-electron chi connectivity index (χ3n) is 3.41. The monoisotopic (exact) mass is 302 g/mol. The van der Waals surface area contributed by atoms with E-state index in [2.05, 4.69) is 11.1 Å². The summed E-state index contributed by atoms with van der Waals surface area (Å²) >= 11 is 0. The van der Waals surface area contributed by atoms with Crippen molar-refractivity contribution in [3.05, 3.63) is 65.9 Å². The van der Waals surface area contributed by atoms with Gasteiger partial charge < -0.3 is 5.11 Å². The first kappa shape index (κ1) is 14.5. The van der Waals surface area contributed by atoms with E-state index in [4.69, 9.17) is 0 Å². The van der Waals surface area contributed by atoms with Crippen LogP contribution in [0.1, 0.15) is 11.1 Å². The van der Waals surface area contributed by atoms with Crippen LogP contribution in [0.3, 0.4) is 0 Å². The lowest BCUT2D eigenvalue weighted by Gasteiger charge is -2.12. The Bertz CT molecular complexity index is 827. The number of alkyl halides is 3. The Balaban J connectivity index is 2.27. The average Bonchev–Trinajstić information content (AvgIpc) is 2.53. The summed E-state index contributed by atoms with van der Waals surface area (Å²) in [6.07, 6.45) is -3.21. The van der Waals surface area contributed by atoms with Crippen molar-refractivity contribution in [3.8, 4) is 11.1 Å². The highest BCUT2D eigenvalue weighted by atomic mass is 19.4. The predicted octanol–water partition coefficient (Wildman–Crippen LogP) is 4.21. The summed E-state index contributed by atoms with van der Waals surface area (Å²) in [6, 6.07) is 13.9. The number of rotatable bonds is 2. The van der Waals surface area contributed by atoms with Gasteiger partial charge in [0.2, 0.25) is 0 Å². The van der Waals surface area contributed by atoms with E-state index >= 15 is 0 Å². The molecule has 111 valence electrons. The number of nitrogens with zero attached hydrogens (tertiary/aromatic N) is 1. The smallest absolute Gasteiger partial charge is 0.392 e. The summed E-state index contributed by atoms with van der Waals surface area (Å²) in [5.41, 5.74) is 1.05. The molecular weight excluding hydrogens is 291 g/mol. The van der Waals surface area contributed by atoms with Gasteiger partial charge >= 0.3 is 6.18 Å². The number of pyridine rings is 1. The molecule has 3 aromatic rings. The van der Waals surface area contributed by atoms with Crippen molar-refractivity contribution < 1.29 is 18.3 Å². The molecule has 0 amide bonds. The van der Waals surface area contributed by atoms with Crippen LogP contribution in [0.4, 0.5) is 13.2 Å². The second-order valence-electron chi connectivity index (χ2n) is 4.84. The number of halogens is 3. The van der Waals surface area contributed by atoms with E-state index in [9.17, 15) is 18.3 Å². The Morgan fingerprint density at radius 3 is 2.59 bits per heavy atom. The van der Waals surface area contributed by atoms with Crippen molar-refractivity contribution >= 4 is 10.9 Å². The van der Waals surface area contributed by atoms with E-state index in [0.717, 1.165) is 6.07 Å². The fourth-order valence-electron chi connectivity index (χ4n) is 2.42. The van der Waals surface area contributed by atoms with Gasteiger partial charge in [-0.2, -0.15) is 13.2 Å². The van der Waals surface area contributed by atoms with E-state index in [1.807, 2.05) is 0 Å². The molecule has 0 spiro atoms. The van der Waals surface area contributed by atoms with Gasteiger partial charge in [0.1, 0.15) is 0 Å². The number of aliphatic hydroxyl groups excluding tert-OH is 1. The molecule has 0 bridgehead atoms.